The fourth-order valence-electron chi connectivity index (χ4n) is 1.11. The molecule has 0 aliphatic heterocycles. The van der Waals surface area contributed by atoms with Gasteiger partial charge < -0.3 is 10.7 Å². The zero-order chi connectivity index (χ0) is 11.5. The van der Waals surface area contributed by atoms with Gasteiger partial charge in [-0.2, -0.15) is 4.31 Å². The number of sulfonamides is 1. The van der Waals surface area contributed by atoms with Crippen molar-refractivity contribution >= 4 is 10.0 Å². The Morgan fingerprint density at radius 2 is 2.33 bits per heavy atom. The van der Waals surface area contributed by atoms with E-state index >= 15 is 0 Å². The van der Waals surface area contributed by atoms with Crippen molar-refractivity contribution in [2.75, 3.05) is 13.6 Å². The minimum atomic E-state index is -3.32. The maximum absolute atomic E-state index is 11.8. The number of nitrogens with zero attached hydrogens (tertiary/aromatic N) is 2. The second-order valence-electron chi connectivity index (χ2n) is 3.38. The van der Waals surface area contributed by atoms with E-state index in [1.54, 1.807) is 19.3 Å². The summed E-state index contributed by atoms with van der Waals surface area (Å²) in [5, 5.41) is -0.572. The van der Waals surface area contributed by atoms with Gasteiger partial charge in [0.05, 0.1) is 11.8 Å². The molecule has 0 aromatic carbocycles. The van der Waals surface area contributed by atoms with Crippen LogP contribution in [-0.4, -0.2) is 41.5 Å². The predicted molar refractivity (Wildman–Crippen MR) is 57.5 cm³/mol. The Kier molecular flexibility index (Phi) is 3.83. The highest BCUT2D eigenvalue weighted by Crippen LogP contribution is 2.08. The molecule has 15 heavy (non-hydrogen) atoms. The smallest absolute Gasteiger partial charge is 0.218 e. The zero-order valence-electron chi connectivity index (χ0n) is 8.84. The summed E-state index contributed by atoms with van der Waals surface area (Å²) in [6.45, 7) is 1.94. The first-order valence-corrected chi connectivity index (χ1v) is 6.12. The molecule has 0 fully saturated rings. The van der Waals surface area contributed by atoms with Crippen molar-refractivity contribution in [3.05, 3.63) is 18.2 Å². The van der Waals surface area contributed by atoms with Crippen LogP contribution < -0.4 is 5.73 Å². The number of aromatic nitrogens is 2. The van der Waals surface area contributed by atoms with Gasteiger partial charge in [0.15, 0.2) is 0 Å². The lowest BCUT2D eigenvalue weighted by atomic mass is 10.5. The van der Waals surface area contributed by atoms with E-state index in [2.05, 4.69) is 9.97 Å². The Hall–Kier alpha value is -0.920. The number of nitrogens with one attached hydrogen (secondary N) is 1. The van der Waals surface area contributed by atoms with Gasteiger partial charge in [-0.1, -0.05) is 0 Å². The van der Waals surface area contributed by atoms with Gasteiger partial charge in [-0.15, -0.1) is 0 Å². The standard InChI is InChI=1S/C8H16N4O2S/c1-7(5-9)15(13,14)12(2)6-8-10-3-4-11-8/h3-4,7H,5-6,9H2,1-2H3,(H,10,11). The van der Waals surface area contributed by atoms with Crippen molar-refractivity contribution in [3.63, 3.8) is 0 Å². The largest absolute Gasteiger partial charge is 0.347 e. The summed E-state index contributed by atoms with van der Waals surface area (Å²) in [5.41, 5.74) is 5.34. The molecule has 1 heterocycles. The van der Waals surface area contributed by atoms with Gasteiger partial charge in [-0.3, -0.25) is 0 Å². The molecule has 1 unspecified atom stereocenters. The van der Waals surface area contributed by atoms with E-state index < -0.39 is 15.3 Å². The molecule has 6 nitrogen and oxygen atoms in total. The normalized spacial score (nSPS) is 14.4. The van der Waals surface area contributed by atoms with Gasteiger partial charge in [0.2, 0.25) is 10.0 Å². The van der Waals surface area contributed by atoms with Crippen molar-refractivity contribution < 1.29 is 8.42 Å². The molecular weight excluding hydrogens is 216 g/mol. The summed E-state index contributed by atoms with van der Waals surface area (Å²) in [5.74, 6) is 0.616. The van der Waals surface area contributed by atoms with E-state index in [9.17, 15) is 8.42 Å². The number of nitrogens with two attached hydrogens (primary N) is 1. The minimum absolute atomic E-state index is 0.116. The van der Waals surface area contributed by atoms with Gasteiger partial charge in [-0.05, 0) is 6.92 Å². The minimum Gasteiger partial charge on any atom is -0.347 e. The van der Waals surface area contributed by atoms with Crippen LogP contribution in [0.2, 0.25) is 0 Å². The lowest BCUT2D eigenvalue weighted by molar-refractivity contribution is 0.449. The number of aromatic amines is 1. The van der Waals surface area contributed by atoms with Gasteiger partial charge in [0.25, 0.3) is 0 Å². The van der Waals surface area contributed by atoms with E-state index in [-0.39, 0.29) is 13.1 Å². The average molecular weight is 232 g/mol. The molecule has 0 aliphatic carbocycles. The lowest BCUT2D eigenvalue weighted by Crippen LogP contribution is -2.38. The van der Waals surface area contributed by atoms with Crippen LogP contribution in [0, 0.1) is 0 Å². The van der Waals surface area contributed by atoms with Crippen LogP contribution in [0.5, 0.6) is 0 Å². The third kappa shape index (κ3) is 2.77. The molecule has 1 aromatic heterocycles. The van der Waals surface area contributed by atoms with Crippen molar-refractivity contribution in [1.29, 1.82) is 0 Å². The lowest BCUT2D eigenvalue weighted by Gasteiger charge is -2.19. The Labute approximate surface area is 89.5 Å². The van der Waals surface area contributed by atoms with Crippen molar-refractivity contribution in [2.24, 2.45) is 5.73 Å². The van der Waals surface area contributed by atoms with Crippen LogP contribution in [0.4, 0.5) is 0 Å². The molecule has 0 amide bonds. The zero-order valence-corrected chi connectivity index (χ0v) is 9.66. The summed E-state index contributed by atoms with van der Waals surface area (Å²) < 4.78 is 24.8. The summed E-state index contributed by atoms with van der Waals surface area (Å²) in [7, 11) is -1.80. The Balaban J connectivity index is 2.72. The molecule has 0 aliphatic rings. The summed E-state index contributed by atoms with van der Waals surface area (Å²) in [6, 6.07) is 0. The van der Waals surface area contributed by atoms with E-state index in [1.165, 1.54) is 11.4 Å². The molecule has 0 saturated heterocycles. The molecule has 1 rings (SSSR count). The Morgan fingerprint density at radius 3 is 2.80 bits per heavy atom. The molecule has 0 saturated carbocycles. The second kappa shape index (κ2) is 4.73. The third-order valence-electron chi connectivity index (χ3n) is 2.20. The number of H-pyrrole nitrogens is 1. The predicted octanol–water partition coefficient (Wildman–Crippen LogP) is -0.481. The van der Waals surface area contributed by atoms with Crippen molar-refractivity contribution in [1.82, 2.24) is 14.3 Å². The molecule has 3 N–H and O–H groups in total. The van der Waals surface area contributed by atoms with Crippen molar-refractivity contribution in [3.8, 4) is 0 Å². The summed E-state index contributed by atoms with van der Waals surface area (Å²) >= 11 is 0. The second-order valence-corrected chi connectivity index (χ2v) is 5.84. The van der Waals surface area contributed by atoms with E-state index in [1.807, 2.05) is 0 Å². The monoisotopic (exact) mass is 232 g/mol. The Morgan fingerprint density at radius 1 is 1.67 bits per heavy atom. The van der Waals surface area contributed by atoms with E-state index in [0.717, 1.165) is 0 Å². The van der Waals surface area contributed by atoms with Gasteiger partial charge in [0, 0.05) is 26.0 Å². The van der Waals surface area contributed by atoms with Crippen molar-refractivity contribution in [2.45, 2.75) is 18.7 Å². The number of imidazole rings is 1. The van der Waals surface area contributed by atoms with Crippen LogP contribution in [0.15, 0.2) is 12.4 Å². The number of hydrogen-bond donors (Lipinski definition) is 2. The molecule has 0 radical (unpaired) electrons. The number of rotatable bonds is 5. The van der Waals surface area contributed by atoms with Crippen LogP contribution in [0.25, 0.3) is 0 Å². The Bertz CT molecular complexity index is 387. The van der Waals surface area contributed by atoms with Crippen LogP contribution in [-0.2, 0) is 16.6 Å². The quantitative estimate of drug-likeness (QED) is 0.717. The highest BCUT2D eigenvalue weighted by molar-refractivity contribution is 7.89. The topological polar surface area (TPSA) is 92.1 Å². The highest BCUT2D eigenvalue weighted by Gasteiger charge is 2.25. The first-order chi connectivity index (χ1) is 6.98. The fraction of sp³-hybridized carbons (Fsp3) is 0.625. The van der Waals surface area contributed by atoms with Crippen LogP contribution in [0.1, 0.15) is 12.7 Å². The summed E-state index contributed by atoms with van der Waals surface area (Å²) in [6.07, 6.45) is 3.24. The molecule has 7 heteroatoms. The molecule has 1 atom stereocenters. The average Bonchev–Trinajstić information content (AvgIpc) is 2.68. The number of hydrogen-bond acceptors (Lipinski definition) is 4. The highest BCUT2D eigenvalue weighted by atomic mass is 32.2. The van der Waals surface area contributed by atoms with Crippen LogP contribution >= 0.6 is 0 Å². The van der Waals surface area contributed by atoms with Gasteiger partial charge in [0.1, 0.15) is 5.82 Å². The van der Waals surface area contributed by atoms with Gasteiger partial charge in [-0.25, -0.2) is 13.4 Å². The molecule has 0 spiro atoms. The van der Waals surface area contributed by atoms with Gasteiger partial charge >= 0.3 is 0 Å². The fourth-order valence-corrected chi connectivity index (χ4v) is 2.27. The molecule has 1 aromatic rings. The van der Waals surface area contributed by atoms with E-state index in [4.69, 9.17) is 5.73 Å². The van der Waals surface area contributed by atoms with Crippen LogP contribution in [0.3, 0.4) is 0 Å². The summed E-state index contributed by atoms with van der Waals surface area (Å²) in [4.78, 5) is 6.81. The SMILES string of the molecule is CC(CN)S(=O)(=O)N(C)Cc1ncc[nH]1. The molecule has 86 valence electrons. The first kappa shape index (κ1) is 12.2. The maximum Gasteiger partial charge on any atom is 0.218 e. The molecule has 0 bridgehead atoms. The van der Waals surface area contributed by atoms with E-state index in [0.29, 0.717) is 5.82 Å². The molecular formula is C8H16N4O2S. The third-order valence-corrected chi connectivity index (χ3v) is 4.41. The maximum atomic E-state index is 11.8. The first-order valence-electron chi connectivity index (χ1n) is 4.62.